The Morgan fingerprint density at radius 1 is 1.32 bits per heavy atom. The summed E-state index contributed by atoms with van der Waals surface area (Å²) in [5.74, 6) is 0.253. The van der Waals surface area contributed by atoms with Crippen LogP contribution < -0.4 is 15.4 Å². The van der Waals surface area contributed by atoms with E-state index in [1.54, 1.807) is 24.3 Å². The maximum Gasteiger partial charge on any atom is 0.261 e. The lowest BCUT2D eigenvalue weighted by molar-refractivity contribution is -0.123. The number of amides is 2. The molecule has 7 heteroatoms. The lowest BCUT2D eigenvalue weighted by Crippen LogP contribution is -2.35. The van der Waals surface area contributed by atoms with E-state index in [1.807, 2.05) is 19.9 Å². The molecule has 1 aromatic rings. The lowest BCUT2D eigenvalue weighted by Gasteiger charge is -2.11. The van der Waals surface area contributed by atoms with Crippen LogP contribution in [0.15, 0.2) is 29.8 Å². The van der Waals surface area contributed by atoms with Gasteiger partial charge in [0, 0.05) is 19.7 Å². The predicted octanol–water partition coefficient (Wildman–Crippen LogP) is 2.04. The smallest absolute Gasteiger partial charge is 0.261 e. The minimum atomic E-state index is -0.389. The van der Waals surface area contributed by atoms with Crippen molar-refractivity contribution in [3.05, 3.63) is 35.4 Å². The number of nitriles is 1. The van der Waals surface area contributed by atoms with Crippen LogP contribution in [0.4, 0.5) is 0 Å². The molecule has 1 aliphatic rings. The van der Waals surface area contributed by atoms with Crippen molar-refractivity contribution < 1.29 is 19.1 Å². The summed E-state index contributed by atoms with van der Waals surface area (Å²) in [5.41, 5.74) is 0.745. The van der Waals surface area contributed by atoms with E-state index in [-0.39, 0.29) is 30.1 Å². The molecule has 0 saturated carbocycles. The second kappa shape index (κ2) is 11.1. The highest BCUT2D eigenvalue weighted by atomic mass is 16.5. The molecule has 0 bridgehead atoms. The second-order valence-electron chi connectivity index (χ2n) is 7.07. The Balaban J connectivity index is 1.82. The first-order valence-corrected chi connectivity index (χ1v) is 9.49. The van der Waals surface area contributed by atoms with Gasteiger partial charge < -0.3 is 20.1 Å². The minimum absolute atomic E-state index is 0.0443. The van der Waals surface area contributed by atoms with Gasteiger partial charge in [-0.05, 0) is 42.5 Å². The Bertz CT molecular complexity index is 729. The van der Waals surface area contributed by atoms with E-state index in [4.69, 9.17) is 9.47 Å². The molecule has 28 heavy (non-hydrogen) atoms. The van der Waals surface area contributed by atoms with E-state index in [1.165, 1.54) is 6.08 Å². The van der Waals surface area contributed by atoms with Crippen LogP contribution in [0.3, 0.4) is 0 Å². The number of nitrogens with one attached hydrogen (secondary N) is 2. The van der Waals surface area contributed by atoms with Crippen LogP contribution >= 0.6 is 0 Å². The molecule has 2 amide bonds. The number of carbonyl (C=O) groups excluding carboxylic acids is 2. The third-order valence-electron chi connectivity index (χ3n) is 4.15. The quantitative estimate of drug-likeness (QED) is 0.500. The van der Waals surface area contributed by atoms with Gasteiger partial charge in [-0.25, -0.2) is 0 Å². The Hall–Kier alpha value is -2.85. The standard InChI is InChI=1S/C21H27N3O4/c1-15(2)12-24-21(26)17(11-22)10-16-5-7-18(8-6-16)28-14-20(25)23-13-19-4-3-9-27-19/h5-8,10,15,19H,3-4,9,12-14H2,1-2H3,(H,23,25)(H,24,26). The van der Waals surface area contributed by atoms with Gasteiger partial charge in [0.15, 0.2) is 6.61 Å². The van der Waals surface area contributed by atoms with E-state index in [0.717, 1.165) is 19.4 Å². The normalized spacial score (nSPS) is 16.5. The van der Waals surface area contributed by atoms with Gasteiger partial charge in [-0.2, -0.15) is 5.26 Å². The highest BCUT2D eigenvalue weighted by Gasteiger charge is 2.16. The number of nitrogens with zero attached hydrogens (tertiary/aromatic N) is 1. The molecule has 150 valence electrons. The van der Waals surface area contributed by atoms with Crippen molar-refractivity contribution in [2.75, 3.05) is 26.3 Å². The maximum absolute atomic E-state index is 12.0. The fourth-order valence-corrected chi connectivity index (χ4v) is 2.60. The molecule has 1 aromatic carbocycles. The predicted molar refractivity (Wildman–Crippen MR) is 105 cm³/mol. The second-order valence-corrected chi connectivity index (χ2v) is 7.07. The van der Waals surface area contributed by atoms with Gasteiger partial charge in [-0.1, -0.05) is 26.0 Å². The molecule has 0 spiro atoms. The molecule has 0 radical (unpaired) electrons. The third-order valence-corrected chi connectivity index (χ3v) is 4.15. The molecule has 1 unspecified atom stereocenters. The van der Waals surface area contributed by atoms with E-state index >= 15 is 0 Å². The number of carbonyl (C=O) groups is 2. The molecule has 2 rings (SSSR count). The summed E-state index contributed by atoms with van der Waals surface area (Å²) in [6, 6.07) is 8.77. The zero-order chi connectivity index (χ0) is 20.4. The number of hydrogen-bond acceptors (Lipinski definition) is 5. The van der Waals surface area contributed by atoms with Gasteiger partial charge in [-0.15, -0.1) is 0 Å². The molecule has 1 aliphatic heterocycles. The maximum atomic E-state index is 12.0. The summed E-state index contributed by atoms with van der Waals surface area (Å²) in [6.07, 6.45) is 3.62. The largest absolute Gasteiger partial charge is 0.484 e. The van der Waals surface area contributed by atoms with Crippen LogP contribution in [-0.4, -0.2) is 44.2 Å². The zero-order valence-corrected chi connectivity index (χ0v) is 16.4. The van der Waals surface area contributed by atoms with Crippen molar-refractivity contribution in [1.82, 2.24) is 10.6 Å². The fraction of sp³-hybridized carbons (Fsp3) is 0.476. The van der Waals surface area contributed by atoms with Crippen molar-refractivity contribution in [3.8, 4) is 11.8 Å². The number of ether oxygens (including phenoxy) is 2. The summed E-state index contributed by atoms with van der Waals surface area (Å²) in [4.78, 5) is 23.8. The van der Waals surface area contributed by atoms with Crippen LogP contribution in [0.2, 0.25) is 0 Å². The molecule has 1 saturated heterocycles. The van der Waals surface area contributed by atoms with Crippen LogP contribution in [0, 0.1) is 17.2 Å². The summed E-state index contributed by atoms with van der Waals surface area (Å²) in [6.45, 7) is 5.66. The van der Waals surface area contributed by atoms with E-state index in [0.29, 0.717) is 30.3 Å². The summed E-state index contributed by atoms with van der Waals surface area (Å²) in [5, 5.41) is 14.7. The summed E-state index contributed by atoms with van der Waals surface area (Å²) < 4.78 is 10.9. The van der Waals surface area contributed by atoms with E-state index in [2.05, 4.69) is 10.6 Å². The topological polar surface area (TPSA) is 100 Å². The van der Waals surface area contributed by atoms with E-state index in [9.17, 15) is 14.9 Å². The first-order valence-electron chi connectivity index (χ1n) is 9.49. The highest BCUT2D eigenvalue weighted by molar-refractivity contribution is 6.01. The van der Waals surface area contributed by atoms with Crippen molar-refractivity contribution in [1.29, 1.82) is 5.26 Å². The summed E-state index contributed by atoms with van der Waals surface area (Å²) in [7, 11) is 0. The van der Waals surface area contributed by atoms with Gasteiger partial charge in [0.25, 0.3) is 11.8 Å². The van der Waals surface area contributed by atoms with Crippen LogP contribution in [-0.2, 0) is 14.3 Å². The fourth-order valence-electron chi connectivity index (χ4n) is 2.60. The minimum Gasteiger partial charge on any atom is -0.484 e. The Morgan fingerprint density at radius 2 is 2.07 bits per heavy atom. The van der Waals surface area contributed by atoms with Crippen molar-refractivity contribution >= 4 is 17.9 Å². The van der Waals surface area contributed by atoms with Crippen LogP contribution in [0.5, 0.6) is 5.75 Å². The SMILES string of the molecule is CC(C)CNC(=O)C(C#N)=Cc1ccc(OCC(=O)NCC2CCCO2)cc1. The molecule has 0 aromatic heterocycles. The highest BCUT2D eigenvalue weighted by Crippen LogP contribution is 2.15. The average molecular weight is 385 g/mol. The number of rotatable bonds is 9. The molecular weight excluding hydrogens is 358 g/mol. The zero-order valence-electron chi connectivity index (χ0n) is 16.4. The van der Waals surface area contributed by atoms with Crippen LogP contribution in [0.1, 0.15) is 32.3 Å². The molecule has 0 aliphatic carbocycles. The van der Waals surface area contributed by atoms with Gasteiger partial charge in [0.2, 0.25) is 0 Å². The van der Waals surface area contributed by atoms with Crippen molar-refractivity contribution in [2.24, 2.45) is 5.92 Å². The first kappa shape index (κ1) is 21.5. The Labute approximate surface area is 165 Å². The Morgan fingerprint density at radius 3 is 2.68 bits per heavy atom. The van der Waals surface area contributed by atoms with Crippen molar-refractivity contribution in [3.63, 3.8) is 0 Å². The molecule has 7 nitrogen and oxygen atoms in total. The van der Waals surface area contributed by atoms with E-state index < -0.39 is 0 Å². The summed E-state index contributed by atoms with van der Waals surface area (Å²) >= 11 is 0. The molecular formula is C21H27N3O4. The monoisotopic (exact) mass is 385 g/mol. The van der Waals surface area contributed by atoms with Gasteiger partial charge >= 0.3 is 0 Å². The van der Waals surface area contributed by atoms with Gasteiger partial charge in [-0.3, -0.25) is 9.59 Å². The average Bonchev–Trinajstić information content (AvgIpc) is 3.21. The molecule has 1 atom stereocenters. The Kier molecular flexibility index (Phi) is 8.50. The van der Waals surface area contributed by atoms with Crippen LogP contribution in [0.25, 0.3) is 6.08 Å². The van der Waals surface area contributed by atoms with Crippen molar-refractivity contribution in [2.45, 2.75) is 32.8 Å². The molecule has 2 N–H and O–H groups in total. The first-order chi connectivity index (χ1) is 13.5. The third kappa shape index (κ3) is 7.41. The van der Waals surface area contributed by atoms with Gasteiger partial charge in [0.1, 0.15) is 17.4 Å². The molecule has 1 heterocycles. The molecule has 1 fully saturated rings. The number of benzene rings is 1. The lowest BCUT2D eigenvalue weighted by atomic mass is 10.1. The van der Waals surface area contributed by atoms with Gasteiger partial charge in [0.05, 0.1) is 6.10 Å². The number of hydrogen-bond donors (Lipinski definition) is 2.